The summed E-state index contributed by atoms with van der Waals surface area (Å²) in [5, 5.41) is 0.411. The Balaban J connectivity index is 3.40. The topological polar surface area (TPSA) is 30.0 Å². The van der Waals surface area contributed by atoms with Gasteiger partial charge in [-0.1, -0.05) is 11.6 Å². The van der Waals surface area contributed by atoms with Gasteiger partial charge in [-0.25, -0.2) is 0 Å². The number of pyridine rings is 1. The SMILES string of the molecule is Cc1ncc(Br)c(C=O)c1Cl. The molecule has 0 amide bonds. The predicted molar refractivity (Wildman–Crippen MR) is 47.1 cm³/mol. The molecule has 0 aliphatic carbocycles. The lowest BCUT2D eigenvalue weighted by molar-refractivity contribution is 0.112. The van der Waals surface area contributed by atoms with Gasteiger partial charge in [0, 0.05) is 10.7 Å². The molecule has 0 bridgehead atoms. The van der Waals surface area contributed by atoms with Crippen LogP contribution >= 0.6 is 27.5 Å². The molecule has 1 rings (SSSR count). The van der Waals surface area contributed by atoms with Gasteiger partial charge in [0.1, 0.15) is 0 Å². The number of nitrogens with zero attached hydrogens (tertiary/aromatic N) is 1. The number of hydrogen-bond donors (Lipinski definition) is 0. The van der Waals surface area contributed by atoms with Crippen LogP contribution in [0.3, 0.4) is 0 Å². The van der Waals surface area contributed by atoms with Crippen molar-refractivity contribution < 1.29 is 4.79 Å². The molecule has 0 aliphatic rings. The minimum Gasteiger partial charge on any atom is -0.298 e. The van der Waals surface area contributed by atoms with Crippen LogP contribution in [0.2, 0.25) is 5.02 Å². The molecule has 1 heterocycles. The zero-order valence-electron chi connectivity index (χ0n) is 5.77. The number of halogens is 2. The molecule has 0 saturated carbocycles. The lowest BCUT2D eigenvalue weighted by Gasteiger charge is -2.00. The van der Waals surface area contributed by atoms with Crippen LogP contribution in [0.25, 0.3) is 0 Å². The van der Waals surface area contributed by atoms with Crippen molar-refractivity contribution in [2.45, 2.75) is 6.92 Å². The van der Waals surface area contributed by atoms with Crippen LogP contribution in [0, 0.1) is 6.92 Å². The molecule has 11 heavy (non-hydrogen) atoms. The first-order valence-corrected chi connectivity index (χ1v) is 4.09. The van der Waals surface area contributed by atoms with E-state index in [0.29, 0.717) is 27.0 Å². The summed E-state index contributed by atoms with van der Waals surface area (Å²) in [6.07, 6.45) is 2.27. The van der Waals surface area contributed by atoms with Gasteiger partial charge in [-0.05, 0) is 22.9 Å². The lowest BCUT2D eigenvalue weighted by Crippen LogP contribution is -1.90. The summed E-state index contributed by atoms with van der Waals surface area (Å²) in [7, 11) is 0. The summed E-state index contributed by atoms with van der Waals surface area (Å²) in [5.74, 6) is 0. The quantitative estimate of drug-likeness (QED) is 0.699. The van der Waals surface area contributed by atoms with Gasteiger partial charge >= 0.3 is 0 Å². The first-order chi connectivity index (χ1) is 5.16. The number of carbonyl (C=O) groups excluding carboxylic acids is 1. The highest BCUT2D eigenvalue weighted by Crippen LogP contribution is 2.24. The van der Waals surface area contributed by atoms with Gasteiger partial charge in [-0.3, -0.25) is 9.78 Å². The highest BCUT2D eigenvalue weighted by atomic mass is 79.9. The molecule has 2 nitrogen and oxygen atoms in total. The van der Waals surface area contributed by atoms with E-state index >= 15 is 0 Å². The number of carbonyl (C=O) groups is 1. The standard InChI is InChI=1S/C7H5BrClNO/c1-4-7(9)5(3-11)6(8)2-10-4/h2-3H,1H3. The Hall–Kier alpha value is -0.410. The molecule has 0 unspecified atom stereocenters. The molecule has 0 aromatic carbocycles. The average molecular weight is 234 g/mol. The average Bonchev–Trinajstić information content (AvgIpc) is 1.99. The molecule has 0 spiro atoms. The highest BCUT2D eigenvalue weighted by molar-refractivity contribution is 9.10. The van der Waals surface area contributed by atoms with Gasteiger partial charge in [0.2, 0.25) is 0 Å². The van der Waals surface area contributed by atoms with E-state index in [1.165, 1.54) is 0 Å². The van der Waals surface area contributed by atoms with Crippen molar-refractivity contribution >= 4 is 33.8 Å². The molecule has 0 radical (unpaired) electrons. The third kappa shape index (κ3) is 1.60. The van der Waals surface area contributed by atoms with Gasteiger partial charge in [-0.2, -0.15) is 0 Å². The molecule has 4 heteroatoms. The molecule has 0 saturated heterocycles. The van der Waals surface area contributed by atoms with Gasteiger partial charge < -0.3 is 0 Å². The van der Waals surface area contributed by atoms with Crippen LogP contribution in [0.5, 0.6) is 0 Å². The van der Waals surface area contributed by atoms with Gasteiger partial charge in [0.25, 0.3) is 0 Å². The third-order valence-electron chi connectivity index (χ3n) is 1.30. The molecular weight excluding hydrogens is 229 g/mol. The molecule has 1 aromatic rings. The van der Waals surface area contributed by atoms with E-state index in [4.69, 9.17) is 11.6 Å². The Kier molecular flexibility index (Phi) is 2.62. The van der Waals surface area contributed by atoms with E-state index in [2.05, 4.69) is 20.9 Å². The first kappa shape index (κ1) is 8.68. The van der Waals surface area contributed by atoms with Crippen LogP contribution in [-0.4, -0.2) is 11.3 Å². The van der Waals surface area contributed by atoms with E-state index in [-0.39, 0.29) is 0 Å². The van der Waals surface area contributed by atoms with Crippen LogP contribution in [-0.2, 0) is 0 Å². The highest BCUT2D eigenvalue weighted by Gasteiger charge is 2.06. The number of aryl methyl sites for hydroxylation is 1. The summed E-state index contributed by atoms with van der Waals surface area (Å²) in [6, 6.07) is 0. The summed E-state index contributed by atoms with van der Waals surface area (Å²) in [4.78, 5) is 14.4. The van der Waals surface area contributed by atoms with Crippen LogP contribution in [0.1, 0.15) is 16.1 Å². The van der Waals surface area contributed by atoms with Crippen molar-refractivity contribution in [1.29, 1.82) is 0 Å². The van der Waals surface area contributed by atoms with Gasteiger partial charge in [0.15, 0.2) is 6.29 Å². The maximum Gasteiger partial charge on any atom is 0.152 e. The van der Waals surface area contributed by atoms with Crippen molar-refractivity contribution in [2.24, 2.45) is 0 Å². The van der Waals surface area contributed by atoms with Crippen molar-refractivity contribution in [3.05, 3.63) is 26.9 Å². The Morgan fingerprint density at radius 3 is 2.82 bits per heavy atom. The Morgan fingerprint density at radius 2 is 2.36 bits per heavy atom. The minimum atomic E-state index is 0.411. The predicted octanol–water partition coefficient (Wildman–Crippen LogP) is 2.62. The maximum absolute atomic E-state index is 10.5. The summed E-state index contributed by atoms with van der Waals surface area (Å²) in [5.41, 5.74) is 1.12. The number of hydrogen-bond acceptors (Lipinski definition) is 2. The van der Waals surface area contributed by atoms with Crippen molar-refractivity contribution in [3.63, 3.8) is 0 Å². The fraction of sp³-hybridized carbons (Fsp3) is 0.143. The number of aromatic nitrogens is 1. The summed E-state index contributed by atoms with van der Waals surface area (Å²) >= 11 is 8.94. The van der Waals surface area contributed by atoms with Gasteiger partial charge in [-0.15, -0.1) is 0 Å². The van der Waals surface area contributed by atoms with Gasteiger partial charge in [0.05, 0.1) is 16.3 Å². The molecule has 0 N–H and O–H groups in total. The Morgan fingerprint density at radius 1 is 1.73 bits per heavy atom. The van der Waals surface area contributed by atoms with E-state index in [1.807, 2.05) is 0 Å². The van der Waals surface area contributed by atoms with E-state index in [1.54, 1.807) is 13.1 Å². The lowest BCUT2D eigenvalue weighted by atomic mass is 10.2. The first-order valence-electron chi connectivity index (χ1n) is 2.92. The van der Waals surface area contributed by atoms with Crippen LogP contribution < -0.4 is 0 Å². The molecule has 1 aromatic heterocycles. The molecule has 0 fully saturated rings. The fourth-order valence-electron chi connectivity index (χ4n) is 0.687. The Bertz CT molecular complexity index is 301. The second-order valence-electron chi connectivity index (χ2n) is 2.04. The largest absolute Gasteiger partial charge is 0.298 e. The third-order valence-corrected chi connectivity index (χ3v) is 2.41. The molecule has 0 atom stereocenters. The van der Waals surface area contributed by atoms with Crippen LogP contribution in [0.4, 0.5) is 0 Å². The second kappa shape index (κ2) is 3.32. The minimum absolute atomic E-state index is 0.411. The smallest absolute Gasteiger partial charge is 0.152 e. The normalized spacial score (nSPS) is 9.73. The molecule has 58 valence electrons. The maximum atomic E-state index is 10.5. The summed E-state index contributed by atoms with van der Waals surface area (Å²) in [6.45, 7) is 1.75. The van der Waals surface area contributed by atoms with Crippen molar-refractivity contribution in [2.75, 3.05) is 0 Å². The van der Waals surface area contributed by atoms with E-state index in [0.717, 1.165) is 0 Å². The molecule has 0 aliphatic heterocycles. The number of aldehydes is 1. The van der Waals surface area contributed by atoms with E-state index < -0.39 is 0 Å². The van der Waals surface area contributed by atoms with Crippen molar-refractivity contribution in [1.82, 2.24) is 4.98 Å². The van der Waals surface area contributed by atoms with E-state index in [9.17, 15) is 4.79 Å². The summed E-state index contributed by atoms with van der Waals surface area (Å²) < 4.78 is 0.628. The van der Waals surface area contributed by atoms with Crippen LogP contribution in [0.15, 0.2) is 10.7 Å². The Labute approximate surface area is 77.7 Å². The zero-order valence-corrected chi connectivity index (χ0v) is 8.11. The monoisotopic (exact) mass is 233 g/mol. The van der Waals surface area contributed by atoms with Crippen molar-refractivity contribution in [3.8, 4) is 0 Å². The zero-order chi connectivity index (χ0) is 8.43. The second-order valence-corrected chi connectivity index (χ2v) is 3.27. The fourth-order valence-corrected chi connectivity index (χ4v) is 1.39. The molecular formula is C7H5BrClNO. The number of rotatable bonds is 1.